The molecular formula is BCrFeNiTaZr2. The van der Waals surface area contributed by atoms with Crippen LogP contribution in [-0.2, 0) is 126 Å². The maximum atomic E-state index is 0. The van der Waals surface area contributed by atoms with Crippen LogP contribution in [0.5, 0.6) is 0 Å². The number of rotatable bonds is 0. The Morgan fingerprint density at radius 1 is 0.857 bits per heavy atom. The molecule has 0 heterocycles. The maximum Gasteiger partial charge on any atom is 0 e. The van der Waals surface area contributed by atoms with Crippen LogP contribution < -0.4 is 0 Å². The minimum Gasteiger partial charge on any atom is 0 e. The van der Waals surface area contributed by atoms with Crippen LogP contribution in [0.4, 0.5) is 0 Å². The summed E-state index contributed by atoms with van der Waals surface area (Å²) in [5, 5.41) is 0. The van der Waals surface area contributed by atoms with Crippen molar-refractivity contribution in [3.05, 3.63) is 0 Å². The molecule has 0 aromatic heterocycles. The summed E-state index contributed by atoms with van der Waals surface area (Å²) < 4.78 is 0. The molecule has 7 heavy (non-hydrogen) atoms. The fourth-order valence-corrected chi connectivity index (χ4v) is 0. The molecule has 0 spiro atoms. The van der Waals surface area contributed by atoms with Crippen molar-refractivity contribution in [3.63, 3.8) is 0 Å². The minimum atomic E-state index is 0. The molecule has 0 rings (SSSR count). The smallest absolute Gasteiger partial charge is 0 e. The van der Waals surface area contributed by atoms with Gasteiger partial charge in [0.2, 0.25) is 0 Å². The van der Waals surface area contributed by atoms with Crippen LogP contribution in [0.1, 0.15) is 0 Å². The SMILES string of the molecule is [B].[Cr].[Fe].[Ni].[Ta].[Zr].[Zr]. The molecule has 7 heteroatoms. The Kier molecular flexibility index (Phi) is 476. The van der Waals surface area contributed by atoms with Crippen molar-refractivity contribution in [1.82, 2.24) is 0 Å². The molecule has 0 N–H and O–H groups in total. The molecule has 0 aliphatic heterocycles. The van der Waals surface area contributed by atoms with E-state index in [1.54, 1.807) is 0 Å². The van der Waals surface area contributed by atoms with Gasteiger partial charge < -0.3 is 0 Å². The normalized spacial score (nSPS) is 0. The van der Waals surface area contributed by atoms with Gasteiger partial charge >= 0.3 is 0 Å². The standard InChI is InChI=1S/B.Cr.Fe.Ni.Ta.2Zr. The first-order chi connectivity index (χ1) is 0. The zero-order valence-corrected chi connectivity index (χ0v) is 14.6. The van der Waals surface area contributed by atoms with Gasteiger partial charge in [0.1, 0.15) is 0 Å². The quantitative estimate of drug-likeness (QED) is 0.367. The molecule has 40 valence electrons. The van der Waals surface area contributed by atoms with E-state index in [2.05, 4.69) is 0 Å². The molecule has 0 amide bonds. The number of hydrogen-bond donors (Lipinski definition) is 0. The average Bonchev–Trinajstić information content (AvgIpc) is 0. The zero-order chi connectivity index (χ0) is 0. The molecule has 0 saturated carbocycles. The van der Waals surface area contributed by atoms with E-state index in [0.717, 1.165) is 0 Å². The van der Waals surface area contributed by atoms with Crippen LogP contribution >= 0.6 is 0 Å². The first-order valence-corrected chi connectivity index (χ1v) is 0. The first kappa shape index (κ1) is 67.1. The fourth-order valence-electron chi connectivity index (χ4n) is 0. The first-order valence-electron chi connectivity index (χ1n) is 0. The van der Waals surface area contributed by atoms with E-state index < -0.39 is 0 Å². The van der Waals surface area contributed by atoms with Crippen molar-refractivity contribution < 1.29 is 126 Å². The molecule has 0 unspecified atom stereocenters. The van der Waals surface area contributed by atoms with Crippen molar-refractivity contribution in [1.29, 1.82) is 0 Å². The van der Waals surface area contributed by atoms with E-state index in [4.69, 9.17) is 0 Å². The second-order valence-electron chi connectivity index (χ2n) is 0. The third-order valence-electron chi connectivity index (χ3n) is 0. The predicted octanol–water partition coefficient (Wildman–Crippen LogP) is -0.396. The summed E-state index contributed by atoms with van der Waals surface area (Å²) in [4.78, 5) is 0. The monoisotopic (exact) mass is 538 g/mol. The van der Waals surface area contributed by atoms with Crippen molar-refractivity contribution in [2.45, 2.75) is 0 Å². The Balaban J connectivity index is 0. The van der Waals surface area contributed by atoms with Gasteiger partial charge in [0.25, 0.3) is 0 Å². The topological polar surface area (TPSA) is 0 Å². The molecule has 0 aromatic carbocycles. The summed E-state index contributed by atoms with van der Waals surface area (Å²) in [5.41, 5.74) is 0. The van der Waals surface area contributed by atoms with E-state index in [1.807, 2.05) is 0 Å². The van der Waals surface area contributed by atoms with Gasteiger partial charge in [-0.2, -0.15) is 0 Å². The van der Waals surface area contributed by atoms with E-state index in [9.17, 15) is 0 Å². The molecule has 0 aromatic rings. The summed E-state index contributed by atoms with van der Waals surface area (Å²) in [5.74, 6) is 0. The molecule has 0 saturated heterocycles. The number of hydrogen-bond acceptors (Lipinski definition) is 0. The van der Waals surface area contributed by atoms with Crippen LogP contribution in [0.3, 0.4) is 0 Å². The van der Waals surface area contributed by atoms with Gasteiger partial charge in [-0.05, 0) is 0 Å². The van der Waals surface area contributed by atoms with Crippen LogP contribution in [-0.4, -0.2) is 8.41 Å². The Bertz CT molecular complexity index is 17.7. The third kappa shape index (κ3) is 39.3. The van der Waals surface area contributed by atoms with Crippen LogP contribution in [0, 0.1) is 0 Å². The van der Waals surface area contributed by atoms with Crippen molar-refractivity contribution >= 4 is 8.41 Å². The maximum absolute atomic E-state index is 0. The van der Waals surface area contributed by atoms with Crippen LogP contribution in [0.2, 0.25) is 0 Å². The van der Waals surface area contributed by atoms with Crippen LogP contribution in [0.25, 0.3) is 0 Å². The predicted molar refractivity (Wildman–Crippen MR) is 5.75 cm³/mol. The Morgan fingerprint density at radius 3 is 0.857 bits per heavy atom. The van der Waals surface area contributed by atoms with E-state index in [0.29, 0.717) is 0 Å². The Labute approximate surface area is 131 Å². The van der Waals surface area contributed by atoms with Crippen molar-refractivity contribution in [2.24, 2.45) is 0 Å². The van der Waals surface area contributed by atoms with Gasteiger partial charge in [-0.15, -0.1) is 0 Å². The van der Waals surface area contributed by atoms with Crippen molar-refractivity contribution in [3.8, 4) is 0 Å². The summed E-state index contributed by atoms with van der Waals surface area (Å²) in [6.45, 7) is 0. The van der Waals surface area contributed by atoms with Gasteiger partial charge in [0.05, 0.1) is 0 Å². The zero-order valence-electron chi connectivity index (χ0n) is 3.10. The fraction of sp³-hybridized carbons (Fsp3) is 0. The summed E-state index contributed by atoms with van der Waals surface area (Å²) >= 11 is 0. The molecule has 0 atom stereocenters. The van der Waals surface area contributed by atoms with E-state index in [1.165, 1.54) is 0 Å². The second kappa shape index (κ2) is 49.6. The van der Waals surface area contributed by atoms with Gasteiger partial charge in [-0.25, -0.2) is 0 Å². The second-order valence-corrected chi connectivity index (χ2v) is 0. The van der Waals surface area contributed by atoms with Gasteiger partial charge in [0, 0.05) is 134 Å². The Morgan fingerprint density at radius 2 is 0.857 bits per heavy atom. The summed E-state index contributed by atoms with van der Waals surface area (Å²) in [7, 11) is 0. The molecule has 0 nitrogen and oxygen atoms in total. The van der Waals surface area contributed by atoms with Crippen molar-refractivity contribution in [2.75, 3.05) is 0 Å². The summed E-state index contributed by atoms with van der Waals surface area (Å²) in [6, 6.07) is 0. The average molecular weight is 541 g/mol. The van der Waals surface area contributed by atoms with Gasteiger partial charge in [-0.1, -0.05) is 0 Å². The molecule has 4 radical (unpaired) electrons. The van der Waals surface area contributed by atoms with E-state index in [-0.39, 0.29) is 134 Å². The van der Waals surface area contributed by atoms with Gasteiger partial charge in [0.15, 0.2) is 0 Å². The minimum absolute atomic E-state index is 0. The largest absolute Gasteiger partial charge is 0 e. The molecule has 0 aliphatic rings. The van der Waals surface area contributed by atoms with Gasteiger partial charge in [-0.3, -0.25) is 0 Å². The summed E-state index contributed by atoms with van der Waals surface area (Å²) in [6.07, 6.45) is 0. The molecule has 0 bridgehead atoms. The molecular weight excluding hydrogens is 541 g/mol. The van der Waals surface area contributed by atoms with E-state index >= 15 is 0 Å². The molecule has 0 aliphatic carbocycles. The van der Waals surface area contributed by atoms with Crippen LogP contribution in [0.15, 0.2) is 0 Å². The molecule has 0 fully saturated rings. The third-order valence-corrected chi connectivity index (χ3v) is 0. The Hall–Kier alpha value is 4.12.